The number of fused-ring (bicyclic) bond motifs is 2. The number of nitrogens with one attached hydrogen (secondary N) is 1. The van der Waals surface area contributed by atoms with E-state index >= 15 is 0 Å². The Kier molecular flexibility index (Phi) is 5.06. The van der Waals surface area contributed by atoms with Gasteiger partial charge in [-0.3, -0.25) is 9.79 Å². The zero-order valence-electron chi connectivity index (χ0n) is 17.8. The Morgan fingerprint density at radius 3 is 2.55 bits per heavy atom. The molecule has 0 radical (unpaired) electrons. The van der Waals surface area contributed by atoms with Crippen molar-refractivity contribution in [1.29, 1.82) is 0 Å². The molecule has 0 spiro atoms. The number of anilines is 1. The number of ether oxygens (including phenoxy) is 1. The number of hydrogen-bond donors (Lipinski definition) is 1. The van der Waals surface area contributed by atoms with Gasteiger partial charge in [0.25, 0.3) is 0 Å². The van der Waals surface area contributed by atoms with Crippen molar-refractivity contribution in [2.24, 2.45) is 10.9 Å². The quantitative estimate of drug-likeness (QED) is 0.576. The van der Waals surface area contributed by atoms with E-state index in [9.17, 15) is 4.79 Å². The number of aliphatic imine (C=N–C) groups is 1. The van der Waals surface area contributed by atoms with Crippen LogP contribution in [0.15, 0.2) is 77.8 Å². The minimum atomic E-state index is -0.291. The van der Waals surface area contributed by atoms with E-state index in [4.69, 9.17) is 9.73 Å². The summed E-state index contributed by atoms with van der Waals surface area (Å²) in [5, 5.41) is 3.63. The van der Waals surface area contributed by atoms with E-state index in [1.807, 2.05) is 42.5 Å². The molecule has 1 aliphatic carbocycles. The maximum atomic E-state index is 13.6. The first-order valence-corrected chi connectivity index (χ1v) is 10.8. The van der Waals surface area contributed by atoms with Gasteiger partial charge in [-0.2, -0.15) is 0 Å². The van der Waals surface area contributed by atoms with Crippen molar-refractivity contribution in [3.63, 3.8) is 0 Å². The Bertz CT molecular complexity index is 1150. The lowest BCUT2D eigenvalue weighted by atomic mass is 9.72. The maximum Gasteiger partial charge on any atom is 0.144 e. The Morgan fingerprint density at radius 2 is 1.74 bits per heavy atom. The topological polar surface area (TPSA) is 50.7 Å². The first-order valence-electron chi connectivity index (χ1n) is 10.8. The van der Waals surface area contributed by atoms with E-state index in [0.29, 0.717) is 6.42 Å². The Balaban J connectivity index is 1.58. The van der Waals surface area contributed by atoms with Crippen LogP contribution in [-0.4, -0.2) is 18.6 Å². The van der Waals surface area contributed by atoms with Gasteiger partial charge >= 0.3 is 0 Å². The van der Waals surface area contributed by atoms with Crippen molar-refractivity contribution in [1.82, 2.24) is 0 Å². The second kappa shape index (κ2) is 8.03. The molecule has 3 aromatic rings. The highest BCUT2D eigenvalue weighted by Crippen LogP contribution is 2.44. The van der Waals surface area contributed by atoms with Gasteiger partial charge in [-0.05, 0) is 54.7 Å². The molecule has 1 fully saturated rings. The smallest absolute Gasteiger partial charge is 0.144 e. The molecule has 4 heteroatoms. The molecule has 1 heterocycles. The first-order chi connectivity index (χ1) is 15.1. The van der Waals surface area contributed by atoms with E-state index in [1.165, 1.54) is 11.1 Å². The van der Waals surface area contributed by atoms with Crippen LogP contribution in [-0.2, 0) is 4.79 Å². The Labute approximate surface area is 183 Å². The summed E-state index contributed by atoms with van der Waals surface area (Å²) in [5.74, 6) is 0.903. The molecule has 0 amide bonds. The van der Waals surface area contributed by atoms with Crippen LogP contribution in [0.2, 0.25) is 0 Å². The lowest BCUT2D eigenvalue weighted by Gasteiger charge is -2.34. The van der Waals surface area contributed by atoms with Crippen LogP contribution < -0.4 is 10.1 Å². The van der Waals surface area contributed by atoms with Crippen LogP contribution in [0, 0.1) is 12.8 Å². The maximum absolute atomic E-state index is 13.6. The number of rotatable bonds is 3. The third-order valence-electron chi connectivity index (χ3n) is 6.42. The van der Waals surface area contributed by atoms with Crippen LogP contribution in [0.5, 0.6) is 5.75 Å². The molecule has 31 heavy (non-hydrogen) atoms. The van der Waals surface area contributed by atoms with Gasteiger partial charge in [0.05, 0.1) is 30.4 Å². The summed E-state index contributed by atoms with van der Waals surface area (Å²) in [6.07, 6.45) is 1.32. The zero-order valence-corrected chi connectivity index (χ0v) is 17.8. The Morgan fingerprint density at radius 1 is 0.935 bits per heavy atom. The standard InChI is InChI=1S/C27H26N2O2/c1-17-10-12-18(13-11-17)20-15-24-26(25(30)16-20)27(19-6-5-7-21(14-19)31-2)29-23-9-4-3-8-22(23)28-24/h3-14,20,26-27,29H,15-16H2,1-2H3/t20-,26?,27-/m1/s1. The lowest BCUT2D eigenvalue weighted by molar-refractivity contribution is -0.122. The van der Waals surface area contributed by atoms with Gasteiger partial charge in [0.15, 0.2) is 0 Å². The van der Waals surface area contributed by atoms with Crippen molar-refractivity contribution in [3.05, 3.63) is 89.5 Å². The lowest BCUT2D eigenvalue weighted by Crippen LogP contribution is -2.38. The van der Waals surface area contributed by atoms with E-state index in [1.54, 1.807) is 7.11 Å². The minimum Gasteiger partial charge on any atom is -0.497 e. The van der Waals surface area contributed by atoms with E-state index in [2.05, 4.69) is 42.6 Å². The van der Waals surface area contributed by atoms with E-state index in [0.717, 1.165) is 34.8 Å². The normalized spacial score (nSPS) is 22.5. The van der Waals surface area contributed by atoms with Crippen LogP contribution in [0.1, 0.15) is 41.5 Å². The predicted octanol–water partition coefficient (Wildman–Crippen LogP) is 6.01. The number of carbonyl (C=O) groups excluding carboxylic acids is 1. The minimum absolute atomic E-state index is 0.166. The number of hydrogen-bond acceptors (Lipinski definition) is 4. The molecule has 156 valence electrons. The molecule has 2 aliphatic rings. The molecular weight excluding hydrogens is 384 g/mol. The van der Waals surface area contributed by atoms with Gasteiger partial charge in [0.1, 0.15) is 11.5 Å². The van der Waals surface area contributed by atoms with Crippen molar-refractivity contribution in [2.45, 2.75) is 31.7 Å². The summed E-state index contributed by atoms with van der Waals surface area (Å²) < 4.78 is 5.45. The SMILES string of the molecule is COc1cccc([C@H]2Nc3ccccc3N=C3C[C@@H](c4ccc(C)cc4)CC(=O)C32)c1. The van der Waals surface area contributed by atoms with Crippen LogP contribution in [0.25, 0.3) is 0 Å². The van der Waals surface area contributed by atoms with Crippen molar-refractivity contribution < 1.29 is 9.53 Å². The predicted molar refractivity (Wildman–Crippen MR) is 125 cm³/mol. The number of benzene rings is 3. The molecule has 5 rings (SSSR count). The van der Waals surface area contributed by atoms with Crippen molar-refractivity contribution >= 4 is 22.9 Å². The second-order valence-electron chi connectivity index (χ2n) is 8.48. The number of aryl methyl sites for hydroxylation is 1. The van der Waals surface area contributed by atoms with Crippen LogP contribution >= 0.6 is 0 Å². The fourth-order valence-corrected chi connectivity index (χ4v) is 4.78. The number of carbonyl (C=O) groups is 1. The number of nitrogens with zero attached hydrogens (tertiary/aromatic N) is 1. The molecule has 1 N–H and O–H groups in total. The summed E-state index contributed by atoms with van der Waals surface area (Å²) in [7, 11) is 1.67. The van der Waals surface area contributed by atoms with Gasteiger partial charge < -0.3 is 10.1 Å². The van der Waals surface area contributed by atoms with E-state index in [-0.39, 0.29) is 23.7 Å². The molecule has 0 saturated heterocycles. The average molecular weight is 411 g/mol. The molecule has 3 atom stereocenters. The fourth-order valence-electron chi connectivity index (χ4n) is 4.78. The largest absolute Gasteiger partial charge is 0.497 e. The highest BCUT2D eigenvalue weighted by molar-refractivity contribution is 6.10. The summed E-state index contributed by atoms with van der Waals surface area (Å²) >= 11 is 0. The molecule has 1 aliphatic heterocycles. The highest BCUT2D eigenvalue weighted by atomic mass is 16.5. The fraction of sp³-hybridized carbons (Fsp3) is 0.259. The summed E-state index contributed by atoms with van der Waals surface area (Å²) in [4.78, 5) is 18.6. The third-order valence-corrected chi connectivity index (χ3v) is 6.42. The Hall–Kier alpha value is -3.40. The summed E-state index contributed by atoms with van der Waals surface area (Å²) in [6.45, 7) is 2.09. The highest BCUT2D eigenvalue weighted by Gasteiger charge is 2.41. The monoisotopic (exact) mass is 410 g/mol. The van der Waals surface area contributed by atoms with E-state index < -0.39 is 0 Å². The van der Waals surface area contributed by atoms with Crippen LogP contribution in [0.3, 0.4) is 0 Å². The second-order valence-corrected chi connectivity index (χ2v) is 8.48. The summed E-state index contributed by atoms with van der Waals surface area (Å²) in [6, 6.07) is 24.4. The van der Waals surface area contributed by atoms with Crippen molar-refractivity contribution in [2.75, 3.05) is 12.4 Å². The van der Waals surface area contributed by atoms with Gasteiger partial charge in [0, 0.05) is 12.1 Å². The van der Waals surface area contributed by atoms with Gasteiger partial charge in [0.2, 0.25) is 0 Å². The zero-order chi connectivity index (χ0) is 21.4. The first kappa shape index (κ1) is 19.6. The number of para-hydroxylation sites is 2. The summed E-state index contributed by atoms with van der Waals surface area (Å²) in [5.41, 5.74) is 6.29. The molecule has 1 unspecified atom stereocenters. The van der Waals surface area contributed by atoms with Gasteiger partial charge in [-0.1, -0.05) is 54.1 Å². The number of Topliss-reactive ketones (excluding diaryl/α,β-unsaturated/α-hetero) is 1. The average Bonchev–Trinajstić information content (AvgIpc) is 2.96. The van der Waals surface area contributed by atoms with Crippen LogP contribution in [0.4, 0.5) is 11.4 Å². The third kappa shape index (κ3) is 3.74. The number of ketones is 1. The van der Waals surface area contributed by atoms with Gasteiger partial charge in [-0.15, -0.1) is 0 Å². The molecule has 0 aromatic heterocycles. The molecule has 0 bridgehead atoms. The molecule has 3 aromatic carbocycles. The number of methoxy groups -OCH3 is 1. The molecular formula is C27H26N2O2. The molecule has 1 saturated carbocycles. The molecule has 4 nitrogen and oxygen atoms in total. The van der Waals surface area contributed by atoms with Gasteiger partial charge in [-0.25, -0.2) is 0 Å². The van der Waals surface area contributed by atoms with Crippen molar-refractivity contribution in [3.8, 4) is 5.75 Å².